The van der Waals surface area contributed by atoms with Crippen LogP contribution in [-0.2, 0) is 13.2 Å². The van der Waals surface area contributed by atoms with Crippen molar-refractivity contribution in [1.29, 1.82) is 0 Å². The number of pyridine rings is 1. The highest BCUT2D eigenvalue weighted by Gasteiger charge is 2.34. The average Bonchev–Trinajstić information content (AvgIpc) is 3.46. The maximum atomic E-state index is 13.8. The third-order valence-corrected chi connectivity index (χ3v) is 5.60. The van der Waals surface area contributed by atoms with Crippen LogP contribution in [0.15, 0.2) is 67.4 Å². The maximum absolute atomic E-state index is 13.8. The van der Waals surface area contributed by atoms with Gasteiger partial charge in [-0.3, -0.25) is 9.48 Å². The Balaban J connectivity index is 1.73. The lowest BCUT2D eigenvalue weighted by Gasteiger charge is -2.15. The summed E-state index contributed by atoms with van der Waals surface area (Å²) in [5.41, 5.74) is 12.9. The van der Waals surface area contributed by atoms with E-state index in [1.54, 1.807) is 53.1 Å². The Morgan fingerprint density at radius 3 is 2.51 bits per heavy atom. The fourth-order valence-corrected chi connectivity index (χ4v) is 3.94. The van der Waals surface area contributed by atoms with E-state index in [1.807, 2.05) is 0 Å². The predicted molar refractivity (Wildman–Crippen MR) is 124 cm³/mol. The van der Waals surface area contributed by atoms with Crippen molar-refractivity contribution in [3.05, 3.63) is 78.6 Å². The molecule has 3 heterocycles. The number of para-hydroxylation sites is 1. The summed E-state index contributed by atoms with van der Waals surface area (Å²) in [6.07, 6.45) is 1.96. The van der Waals surface area contributed by atoms with Crippen molar-refractivity contribution in [1.82, 2.24) is 24.3 Å². The van der Waals surface area contributed by atoms with E-state index >= 15 is 0 Å². The number of nitrogen functional groups attached to an aromatic ring is 1. The third kappa shape index (κ3) is 3.97. The van der Waals surface area contributed by atoms with Gasteiger partial charge in [-0.05, 0) is 35.4 Å². The standard InChI is InChI=1S/C24H18F3N7O/c1-33-10-14(9-31-33)19-11-34(12-30-19)20-4-2-3-15-17(8-21(24(25,26)27)32-22(15)20)13-5-6-16(23(29)35)18(28)7-13/h2-12H,28H2,1H3,(H2,29,35). The Morgan fingerprint density at radius 2 is 1.86 bits per heavy atom. The van der Waals surface area contributed by atoms with Crippen LogP contribution in [0.3, 0.4) is 0 Å². The zero-order valence-electron chi connectivity index (χ0n) is 18.3. The van der Waals surface area contributed by atoms with Crippen molar-refractivity contribution in [2.45, 2.75) is 6.18 Å². The first-order chi connectivity index (χ1) is 16.6. The molecule has 176 valence electrons. The zero-order valence-corrected chi connectivity index (χ0v) is 18.3. The van der Waals surface area contributed by atoms with Crippen LogP contribution in [0.4, 0.5) is 18.9 Å². The van der Waals surface area contributed by atoms with E-state index in [4.69, 9.17) is 11.5 Å². The van der Waals surface area contributed by atoms with Crippen LogP contribution >= 0.6 is 0 Å². The quantitative estimate of drug-likeness (QED) is 0.377. The van der Waals surface area contributed by atoms with Crippen LogP contribution in [0, 0.1) is 0 Å². The van der Waals surface area contributed by atoms with Gasteiger partial charge in [0.2, 0.25) is 0 Å². The lowest BCUT2D eigenvalue weighted by Crippen LogP contribution is -2.13. The van der Waals surface area contributed by atoms with Gasteiger partial charge >= 0.3 is 6.18 Å². The number of carbonyl (C=O) groups is 1. The number of aromatic nitrogens is 5. The van der Waals surface area contributed by atoms with Gasteiger partial charge in [0.15, 0.2) is 0 Å². The second-order valence-corrected chi connectivity index (χ2v) is 7.96. The van der Waals surface area contributed by atoms with Crippen molar-refractivity contribution in [2.75, 3.05) is 5.73 Å². The second-order valence-electron chi connectivity index (χ2n) is 7.96. The molecule has 0 aliphatic rings. The number of nitrogens with zero attached hydrogens (tertiary/aromatic N) is 5. The molecule has 5 rings (SSSR count). The lowest BCUT2D eigenvalue weighted by atomic mass is 9.97. The van der Waals surface area contributed by atoms with E-state index in [9.17, 15) is 18.0 Å². The molecule has 0 saturated heterocycles. The molecule has 0 aliphatic heterocycles. The summed E-state index contributed by atoms with van der Waals surface area (Å²) in [5, 5.41) is 4.59. The number of anilines is 1. The maximum Gasteiger partial charge on any atom is 0.433 e. The largest absolute Gasteiger partial charge is 0.433 e. The molecule has 0 atom stereocenters. The summed E-state index contributed by atoms with van der Waals surface area (Å²) in [7, 11) is 1.78. The van der Waals surface area contributed by atoms with Crippen molar-refractivity contribution in [3.63, 3.8) is 0 Å². The summed E-state index contributed by atoms with van der Waals surface area (Å²) in [5.74, 6) is -0.726. The van der Waals surface area contributed by atoms with Crippen LogP contribution in [-0.4, -0.2) is 30.2 Å². The minimum atomic E-state index is -4.69. The van der Waals surface area contributed by atoms with E-state index in [2.05, 4.69) is 15.1 Å². The van der Waals surface area contributed by atoms with Gasteiger partial charge in [0.1, 0.15) is 5.69 Å². The number of carbonyl (C=O) groups excluding carboxylic acids is 1. The van der Waals surface area contributed by atoms with E-state index in [0.717, 1.165) is 11.6 Å². The lowest BCUT2D eigenvalue weighted by molar-refractivity contribution is -0.140. The Labute approximate surface area is 196 Å². The van der Waals surface area contributed by atoms with Crippen LogP contribution < -0.4 is 11.5 Å². The molecule has 2 aromatic carbocycles. The highest BCUT2D eigenvalue weighted by atomic mass is 19.4. The average molecular weight is 477 g/mol. The molecule has 0 bridgehead atoms. The highest BCUT2D eigenvalue weighted by molar-refractivity contribution is 6.02. The Bertz CT molecular complexity index is 1600. The number of imidazole rings is 1. The molecule has 1 amide bonds. The summed E-state index contributed by atoms with van der Waals surface area (Å²) in [4.78, 5) is 19.9. The first-order valence-electron chi connectivity index (χ1n) is 10.4. The Hall–Kier alpha value is -4.67. The summed E-state index contributed by atoms with van der Waals surface area (Å²) >= 11 is 0. The summed E-state index contributed by atoms with van der Waals surface area (Å²) in [6, 6.07) is 10.4. The highest BCUT2D eigenvalue weighted by Crippen LogP contribution is 2.38. The number of hydrogen-bond acceptors (Lipinski definition) is 5. The molecule has 0 fully saturated rings. The number of benzene rings is 2. The second kappa shape index (κ2) is 7.97. The molecule has 0 saturated carbocycles. The smallest absolute Gasteiger partial charge is 0.398 e. The molecule has 3 aromatic heterocycles. The van der Waals surface area contributed by atoms with Crippen molar-refractivity contribution in [2.24, 2.45) is 12.8 Å². The molecule has 0 aliphatic carbocycles. The Morgan fingerprint density at radius 1 is 1.06 bits per heavy atom. The van der Waals surface area contributed by atoms with E-state index in [0.29, 0.717) is 22.3 Å². The van der Waals surface area contributed by atoms with Gasteiger partial charge in [0, 0.05) is 36.1 Å². The van der Waals surface area contributed by atoms with Gasteiger partial charge < -0.3 is 16.0 Å². The molecular weight excluding hydrogens is 459 g/mol. The van der Waals surface area contributed by atoms with E-state index in [1.165, 1.54) is 24.5 Å². The molecule has 5 aromatic rings. The fourth-order valence-electron chi connectivity index (χ4n) is 3.94. The molecule has 0 radical (unpaired) electrons. The molecule has 4 N–H and O–H groups in total. The van der Waals surface area contributed by atoms with Crippen LogP contribution in [0.5, 0.6) is 0 Å². The minimum Gasteiger partial charge on any atom is -0.398 e. The van der Waals surface area contributed by atoms with Crippen LogP contribution in [0.25, 0.3) is 39.0 Å². The fraction of sp³-hybridized carbons (Fsp3) is 0.0833. The van der Waals surface area contributed by atoms with Gasteiger partial charge in [-0.15, -0.1) is 0 Å². The van der Waals surface area contributed by atoms with Gasteiger partial charge in [-0.25, -0.2) is 9.97 Å². The first-order valence-corrected chi connectivity index (χ1v) is 10.4. The van der Waals surface area contributed by atoms with Crippen LogP contribution in [0.2, 0.25) is 0 Å². The number of amides is 1. The number of halogens is 3. The number of fused-ring (bicyclic) bond motifs is 1. The summed E-state index contributed by atoms with van der Waals surface area (Å²) in [6.45, 7) is 0. The molecule has 11 heteroatoms. The molecule has 0 unspecified atom stereocenters. The topological polar surface area (TPSA) is 118 Å². The molecule has 8 nitrogen and oxygen atoms in total. The Kier molecular flexibility index (Phi) is 5.04. The first kappa shape index (κ1) is 22.1. The number of alkyl halides is 3. The predicted octanol–water partition coefficient (Wildman–Crippen LogP) is 4.19. The van der Waals surface area contributed by atoms with Gasteiger partial charge in [0.05, 0.1) is 35.0 Å². The SMILES string of the molecule is Cn1cc(-c2cn(-c3cccc4c(-c5ccc(C(N)=O)c(N)c5)cc(C(F)(F)F)nc34)cn2)cn1. The van der Waals surface area contributed by atoms with Crippen LogP contribution in [0.1, 0.15) is 16.1 Å². The van der Waals surface area contributed by atoms with Gasteiger partial charge in [-0.2, -0.15) is 18.3 Å². The number of primary amides is 1. The minimum absolute atomic E-state index is 0.0698. The van der Waals surface area contributed by atoms with Crippen molar-refractivity contribution >= 4 is 22.5 Å². The summed E-state index contributed by atoms with van der Waals surface area (Å²) < 4.78 is 44.8. The third-order valence-electron chi connectivity index (χ3n) is 5.60. The van der Waals surface area contributed by atoms with Crippen molar-refractivity contribution < 1.29 is 18.0 Å². The molecule has 35 heavy (non-hydrogen) atoms. The molecule has 0 spiro atoms. The number of aryl methyl sites for hydroxylation is 1. The van der Waals surface area contributed by atoms with Crippen molar-refractivity contribution in [3.8, 4) is 28.1 Å². The number of rotatable bonds is 4. The van der Waals surface area contributed by atoms with Gasteiger partial charge in [-0.1, -0.05) is 18.2 Å². The zero-order chi connectivity index (χ0) is 24.9. The number of nitrogens with two attached hydrogens (primary N) is 2. The monoisotopic (exact) mass is 477 g/mol. The molecular formula is C24H18F3N7O. The van der Waals surface area contributed by atoms with E-state index < -0.39 is 17.8 Å². The number of hydrogen-bond donors (Lipinski definition) is 2. The van der Waals surface area contributed by atoms with Gasteiger partial charge in [0.25, 0.3) is 5.91 Å². The van der Waals surface area contributed by atoms with E-state index in [-0.39, 0.29) is 22.3 Å². The normalized spacial score (nSPS) is 11.8.